The lowest BCUT2D eigenvalue weighted by Gasteiger charge is -2.13. The molecular weight excluding hydrogens is 387 g/mol. The van der Waals surface area contributed by atoms with Crippen molar-refractivity contribution >= 4 is 38.4 Å². The van der Waals surface area contributed by atoms with E-state index < -0.39 is 17.2 Å². The monoisotopic (exact) mass is 402 g/mol. The van der Waals surface area contributed by atoms with Crippen molar-refractivity contribution in [2.75, 3.05) is 5.32 Å². The lowest BCUT2D eigenvalue weighted by atomic mass is 10.1. The molecule has 3 rings (SSSR count). The Morgan fingerprint density at radius 3 is 2.68 bits per heavy atom. The van der Waals surface area contributed by atoms with Gasteiger partial charge in [-0.2, -0.15) is 0 Å². The zero-order valence-corrected chi connectivity index (χ0v) is 15.4. The minimum absolute atomic E-state index is 0.0118. The number of nitrogens with zero attached hydrogens (tertiary/aromatic N) is 1. The number of fused-ring (bicyclic) bond motifs is 1. The molecule has 0 aliphatic heterocycles. The average Bonchev–Trinajstić information content (AvgIpc) is 2.58. The third-order valence-corrected chi connectivity index (χ3v) is 4.56. The van der Waals surface area contributed by atoms with Crippen molar-refractivity contribution < 1.29 is 9.18 Å². The molecule has 0 atom stereocenters. The van der Waals surface area contributed by atoms with Gasteiger partial charge in [0.25, 0.3) is 5.91 Å². The highest BCUT2D eigenvalue weighted by Gasteiger charge is 2.16. The maximum Gasteiger partial charge on any atom is 0.261 e. The number of halogens is 2. The van der Waals surface area contributed by atoms with Gasteiger partial charge in [0.1, 0.15) is 11.4 Å². The molecule has 0 aliphatic rings. The molecule has 0 saturated carbocycles. The summed E-state index contributed by atoms with van der Waals surface area (Å²) in [6.45, 7) is 4.31. The SMILES string of the molecule is CCn1cc(C(=O)Nc2ccc(Br)cc2C)c(=O)c2cc(F)ccc21. The fourth-order valence-corrected chi connectivity index (χ4v) is 3.23. The summed E-state index contributed by atoms with van der Waals surface area (Å²) in [5, 5.41) is 2.95. The van der Waals surface area contributed by atoms with Gasteiger partial charge in [-0.15, -0.1) is 0 Å². The number of aryl methyl sites for hydroxylation is 2. The smallest absolute Gasteiger partial charge is 0.261 e. The van der Waals surface area contributed by atoms with E-state index in [0.717, 1.165) is 10.0 Å². The molecule has 6 heteroatoms. The highest BCUT2D eigenvalue weighted by atomic mass is 79.9. The number of rotatable bonds is 3. The number of nitrogens with one attached hydrogen (secondary N) is 1. The van der Waals surface area contributed by atoms with Gasteiger partial charge in [-0.3, -0.25) is 9.59 Å². The number of anilines is 1. The van der Waals surface area contributed by atoms with E-state index in [-0.39, 0.29) is 10.9 Å². The normalized spacial score (nSPS) is 10.9. The quantitative estimate of drug-likeness (QED) is 0.701. The molecule has 25 heavy (non-hydrogen) atoms. The van der Waals surface area contributed by atoms with Crippen molar-refractivity contribution in [2.24, 2.45) is 0 Å². The fourth-order valence-electron chi connectivity index (χ4n) is 2.75. The van der Waals surface area contributed by atoms with Crippen LogP contribution in [0.2, 0.25) is 0 Å². The number of benzene rings is 2. The zero-order valence-electron chi connectivity index (χ0n) is 13.8. The van der Waals surface area contributed by atoms with Crippen LogP contribution in [0.3, 0.4) is 0 Å². The van der Waals surface area contributed by atoms with E-state index >= 15 is 0 Å². The molecular formula is C19H16BrFN2O2. The molecule has 4 nitrogen and oxygen atoms in total. The van der Waals surface area contributed by atoms with Crippen LogP contribution in [0.1, 0.15) is 22.8 Å². The van der Waals surface area contributed by atoms with Gasteiger partial charge >= 0.3 is 0 Å². The third kappa shape index (κ3) is 3.35. The fraction of sp³-hybridized carbons (Fsp3) is 0.158. The van der Waals surface area contributed by atoms with Crippen molar-refractivity contribution in [1.29, 1.82) is 0 Å². The number of carbonyl (C=O) groups is 1. The molecule has 128 valence electrons. The van der Waals surface area contributed by atoms with Gasteiger partial charge in [-0.1, -0.05) is 15.9 Å². The summed E-state index contributed by atoms with van der Waals surface area (Å²) in [6.07, 6.45) is 1.52. The first kappa shape index (κ1) is 17.4. The largest absolute Gasteiger partial charge is 0.347 e. The Bertz CT molecular complexity index is 1040. The number of aromatic nitrogens is 1. The third-order valence-electron chi connectivity index (χ3n) is 4.06. The van der Waals surface area contributed by atoms with Gasteiger partial charge in [0, 0.05) is 28.3 Å². The second-order valence-electron chi connectivity index (χ2n) is 5.73. The Kier molecular flexibility index (Phi) is 4.72. The Labute approximate surface area is 152 Å². The van der Waals surface area contributed by atoms with E-state index in [9.17, 15) is 14.0 Å². The topological polar surface area (TPSA) is 51.1 Å². The van der Waals surface area contributed by atoms with Crippen LogP contribution in [0.15, 0.2) is 51.9 Å². The minimum atomic E-state index is -0.510. The van der Waals surface area contributed by atoms with Crippen molar-refractivity contribution in [3.05, 3.63) is 74.2 Å². The summed E-state index contributed by atoms with van der Waals surface area (Å²) in [5.74, 6) is -1.02. The molecule has 0 fully saturated rings. The van der Waals surface area contributed by atoms with Crippen LogP contribution >= 0.6 is 15.9 Å². The molecule has 1 aromatic heterocycles. The van der Waals surface area contributed by atoms with Crippen molar-refractivity contribution in [1.82, 2.24) is 4.57 Å². The van der Waals surface area contributed by atoms with Crippen LogP contribution in [0.25, 0.3) is 10.9 Å². The predicted molar refractivity (Wildman–Crippen MR) is 101 cm³/mol. The standard InChI is InChI=1S/C19H16BrFN2O2/c1-3-23-10-15(18(24)14-9-13(21)5-7-17(14)23)19(25)22-16-6-4-12(20)8-11(16)2/h4-10H,3H2,1-2H3,(H,22,25). The van der Waals surface area contributed by atoms with E-state index in [4.69, 9.17) is 0 Å². The summed E-state index contributed by atoms with van der Waals surface area (Å²) in [5.41, 5.74) is 1.60. The van der Waals surface area contributed by atoms with Crippen molar-refractivity contribution in [3.63, 3.8) is 0 Å². The summed E-state index contributed by atoms with van der Waals surface area (Å²) < 4.78 is 16.2. The second kappa shape index (κ2) is 6.80. The average molecular weight is 403 g/mol. The molecule has 2 aromatic carbocycles. The first-order chi connectivity index (χ1) is 11.9. The van der Waals surface area contributed by atoms with E-state index in [1.807, 2.05) is 26.0 Å². The van der Waals surface area contributed by atoms with Gasteiger partial charge in [-0.25, -0.2) is 4.39 Å². The Hall–Kier alpha value is -2.47. The van der Waals surface area contributed by atoms with Gasteiger partial charge in [0.2, 0.25) is 5.43 Å². The van der Waals surface area contributed by atoms with E-state index in [1.165, 1.54) is 18.3 Å². The molecule has 1 amide bonds. The maximum absolute atomic E-state index is 13.6. The summed E-state index contributed by atoms with van der Waals surface area (Å²) in [6, 6.07) is 9.47. The molecule has 0 saturated heterocycles. The number of hydrogen-bond acceptors (Lipinski definition) is 2. The second-order valence-corrected chi connectivity index (χ2v) is 6.65. The van der Waals surface area contributed by atoms with E-state index in [2.05, 4.69) is 21.2 Å². The van der Waals surface area contributed by atoms with Crippen LogP contribution < -0.4 is 10.7 Å². The summed E-state index contributed by atoms with van der Waals surface area (Å²) in [4.78, 5) is 25.3. The van der Waals surface area contributed by atoms with Crippen LogP contribution in [0.5, 0.6) is 0 Å². The molecule has 0 spiro atoms. The van der Waals surface area contributed by atoms with Crippen LogP contribution in [0, 0.1) is 12.7 Å². The van der Waals surface area contributed by atoms with Crippen molar-refractivity contribution in [3.8, 4) is 0 Å². The van der Waals surface area contributed by atoms with Gasteiger partial charge in [-0.05, 0) is 55.8 Å². The highest BCUT2D eigenvalue weighted by Crippen LogP contribution is 2.21. The highest BCUT2D eigenvalue weighted by molar-refractivity contribution is 9.10. The molecule has 0 unspecified atom stereocenters. The lowest BCUT2D eigenvalue weighted by Crippen LogP contribution is -2.24. The van der Waals surface area contributed by atoms with Crippen LogP contribution in [0.4, 0.5) is 10.1 Å². The van der Waals surface area contributed by atoms with Crippen molar-refractivity contribution in [2.45, 2.75) is 20.4 Å². The Morgan fingerprint density at radius 2 is 2.00 bits per heavy atom. The number of hydrogen-bond donors (Lipinski definition) is 1. The predicted octanol–water partition coefficient (Wildman–Crippen LogP) is 4.48. The van der Waals surface area contributed by atoms with Gasteiger partial charge in [0.05, 0.1) is 5.52 Å². The summed E-state index contributed by atoms with van der Waals surface area (Å²) >= 11 is 3.37. The Morgan fingerprint density at radius 1 is 1.24 bits per heavy atom. The lowest BCUT2D eigenvalue weighted by molar-refractivity contribution is 0.102. The number of pyridine rings is 1. The molecule has 0 radical (unpaired) electrons. The van der Waals surface area contributed by atoms with Crippen LogP contribution in [-0.2, 0) is 6.54 Å². The molecule has 0 aliphatic carbocycles. The van der Waals surface area contributed by atoms with Crippen LogP contribution in [-0.4, -0.2) is 10.5 Å². The number of amides is 1. The Balaban J connectivity index is 2.10. The maximum atomic E-state index is 13.6. The zero-order chi connectivity index (χ0) is 18.1. The molecule has 0 bridgehead atoms. The first-order valence-corrected chi connectivity index (χ1v) is 8.60. The van der Waals surface area contributed by atoms with E-state index in [0.29, 0.717) is 17.7 Å². The number of carbonyl (C=O) groups excluding carboxylic acids is 1. The van der Waals surface area contributed by atoms with Gasteiger partial charge < -0.3 is 9.88 Å². The summed E-state index contributed by atoms with van der Waals surface area (Å²) in [7, 11) is 0. The molecule has 3 aromatic rings. The molecule has 1 heterocycles. The van der Waals surface area contributed by atoms with E-state index in [1.54, 1.807) is 16.7 Å². The van der Waals surface area contributed by atoms with Gasteiger partial charge in [0.15, 0.2) is 0 Å². The minimum Gasteiger partial charge on any atom is -0.347 e. The first-order valence-electron chi connectivity index (χ1n) is 7.81. The molecule has 1 N–H and O–H groups in total.